The van der Waals surface area contributed by atoms with E-state index < -0.39 is 33.1 Å². The number of carbonyl (C=O) groups is 2. The third-order valence-corrected chi connectivity index (χ3v) is 9.03. The molecule has 1 aliphatic carbocycles. The average Bonchev–Trinajstić information content (AvgIpc) is 3.75. The van der Waals surface area contributed by atoms with E-state index in [9.17, 15) is 23.1 Å². The maximum atomic E-state index is 13.6. The van der Waals surface area contributed by atoms with Crippen molar-refractivity contribution in [3.63, 3.8) is 0 Å². The molecule has 41 heavy (non-hydrogen) atoms. The van der Waals surface area contributed by atoms with Gasteiger partial charge in [-0.2, -0.15) is 0 Å². The van der Waals surface area contributed by atoms with Crippen LogP contribution in [-0.2, 0) is 25.8 Å². The first-order valence-electron chi connectivity index (χ1n) is 13.4. The van der Waals surface area contributed by atoms with Gasteiger partial charge in [0, 0.05) is 0 Å². The maximum Gasteiger partial charge on any atom is 0.343 e. The van der Waals surface area contributed by atoms with Gasteiger partial charge in [0.05, 0.1) is 36.2 Å². The molecule has 9 heteroatoms. The van der Waals surface area contributed by atoms with Crippen LogP contribution in [0.2, 0.25) is 0 Å². The van der Waals surface area contributed by atoms with Gasteiger partial charge in [0.1, 0.15) is 5.25 Å². The summed E-state index contributed by atoms with van der Waals surface area (Å²) in [7, 11) is -2.50. The van der Waals surface area contributed by atoms with Crippen molar-refractivity contribution in [2.45, 2.75) is 49.4 Å². The Hall–Kier alpha value is -3.95. The van der Waals surface area contributed by atoms with Crippen molar-refractivity contribution >= 4 is 21.8 Å². The fraction of sp³-hybridized carbons (Fsp3) is 0.312. The highest BCUT2D eigenvalue weighted by Crippen LogP contribution is 2.40. The van der Waals surface area contributed by atoms with Gasteiger partial charge in [0.15, 0.2) is 21.3 Å². The summed E-state index contributed by atoms with van der Waals surface area (Å²) in [4.78, 5) is 24.7. The highest BCUT2D eigenvalue weighted by Gasteiger charge is 2.41. The Morgan fingerprint density at radius 2 is 1.73 bits per heavy atom. The molecule has 1 aliphatic rings. The zero-order chi connectivity index (χ0) is 29.6. The zero-order valence-corrected chi connectivity index (χ0v) is 24.1. The van der Waals surface area contributed by atoms with E-state index in [0.29, 0.717) is 29.7 Å². The van der Waals surface area contributed by atoms with E-state index in [1.54, 1.807) is 67.6 Å². The minimum absolute atomic E-state index is 0.101. The van der Waals surface area contributed by atoms with E-state index in [1.807, 2.05) is 6.92 Å². The smallest absolute Gasteiger partial charge is 0.343 e. The number of hydrogen-bond acceptors (Lipinski definition) is 8. The molecule has 1 saturated carbocycles. The van der Waals surface area contributed by atoms with Crippen LogP contribution in [0.3, 0.4) is 0 Å². The van der Waals surface area contributed by atoms with Gasteiger partial charge >= 0.3 is 11.9 Å². The van der Waals surface area contributed by atoms with Gasteiger partial charge in [0.2, 0.25) is 0 Å². The van der Waals surface area contributed by atoms with Crippen molar-refractivity contribution in [3.05, 3.63) is 101 Å². The number of ether oxygens (including phenoxy) is 3. The number of esters is 2. The topological polar surface area (TPSA) is 116 Å². The monoisotopic (exact) mass is 578 g/mol. The van der Waals surface area contributed by atoms with Gasteiger partial charge in [-0.1, -0.05) is 53.6 Å². The van der Waals surface area contributed by atoms with Crippen LogP contribution in [0.25, 0.3) is 0 Å². The van der Waals surface area contributed by atoms with Crippen molar-refractivity contribution in [1.82, 2.24) is 0 Å². The number of sulfone groups is 1. The molecule has 0 spiro atoms. The maximum absolute atomic E-state index is 13.6. The Balaban J connectivity index is 1.51. The first kappa shape index (κ1) is 30.0. The molecule has 0 aliphatic heterocycles. The lowest BCUT2D eigenvalue weighted by Crippen LogP contribution is -2.33. The van der Waals surface area contributed by atoms with Gasteiger partial charge in [-0.25, -0.2) is 13.2 Å². The van der Waals surface area contributed by atoms with Crippen molar-refractivity contribution in [3.8, 4) is 11.5 Å². The molecular formula is C32H34O8S. The van der Waals surface area contributed by atoms with Crippen LogP contribution in [0.4, 0.5) is 0 Å². The molecule has 0 heterocycles. The molecule has 1 fully saturated rings. The summed E-state index contributed by atoms with van der Waals surface area (Å²) in [5.74, 6) is -0.810. The van der Waals surface area contributed by atoms with Crippen LogP contribution >= 0.6 is 0 Å². The molecule has 0 amide bonds. The highest BCUT2D eigenvalue weighted by atomic mass is 32.2. The number of rotatable bonds is 12. The van der Waals surface area contributed by atoms with Crippen molar-refractivity contribution in [2.75, 3.05) is 13.7 Å². The lowest BCUT2D eigenvalue weighted by Gasteiger charge is -2.21. The van der Waals surface area contributed by atoms with Crippen LogP contribution in [0.1, 0.15) is 41.3 Å². The molecule has 0 radical (unpaired) electrons. The number of methoxy groups -OCH3 is 1. The summed E-state index contributed by atoms with van der Waals surface area (Å²) in [6.45, 7) is 3.82. The van der Waals surface area contributed by atoms with Crippen molar-refractivity contribution < 1.29 is 37.3 Å². The number of aryl methyl sites for hydroxylation is 2. The molecule has 3 unspecified atom stereocenters. The molecule has 3 aromatic carbocycles. The highest BCUT2D eigenvalue weighted by molar-refractivity contribution is 7.92. The summed E-state index contributed by atoms with van der Waals surface area (Å²) >= 11 is 0. The quantitative estimate of drug-likeness (QED) is 0.184. The summed E-state index contributed by atoms with van der Waals surface area (Å²) in [5.41, 5.74) is 2.72. The standard InChI is InChI=1S/C32H34O8S/c1-4-39-32(35)26-19-24(26)20-30(41(36,37)25-14-10-21(2)11-15-25)27(33)16-12-22-13-17-28(29(18-22)38-3)40-31(34)23-8-6-5-7-9-23/h5-11,13-15,17-18,20,26-27,30,33H,4,12,16,19H2,1-3H3/b24-20+. The van der Waals surface area contributed by atoms with Crippen LogP contribution in [0.15, 0.2) is 89.3 Å². The number of benzene rings is 3. The van der Waals surface area contributed by atoms with E-state index in [0.717, 1.165) is 11.1 Å². The summed E-state index contributed by atoms with van der Waals surface area (Å²) < 4.78 is 43.3. The van der Waals surface area contributed by atoms with Gasteiger partial charge < -0.3 is 19.3 Å². The molecule has 8 nitrogen and oxygen atoms in total. The molecule has 0 bridgehead atoms. The number of hydrogen-bond donors (Lipinski definition) is 1. The SMILES string of the molecule is CCOC(=O)C1C/C1=C\C(C(O)CCc1ccc(OC(=O)c2ccccc2)c(OC)c1)S(=O)(=O)c1ccc(C)cc1. The molecule has 4 rings (SSSR count). The lowest BCUT2D eigenvalue weighted by molar-refractivity contribution is -0.144. The Bertz CT molecular complexity index is 1510. The molecule has 0 aromatic heterocycles. The minimum atomic E-state index is -3.96. The second kappa shape index (κ2) is 13.1. The van der Waals surface area contributed by atoms with Gasteiger partial charge in [-0.3, -0.25) is 4.79 Å². The van der Waals surface area contributed by atoms with Gasteiger partial charge in [-0.05, 0) is 75.1 Å². The molecule has 1 N–H and O–H groups in total. The van der Waals surface area contributed by atoms with Gasteiger partial charge in [0.25, 0.3) is 0 Å². The second-order valence-electron chi connectivity index (χ2n) is 9.92. The fourth-order valence-corrected chi connectivity index (χ4v) is 6.24. The van der Waals surface area contributed by atoms with E-state index in [2.05, 4.69) is 0 Å². The van der Waals surface area contributed by atoms with E-state index in [-0.39, 0.29) is 29.6 Å². The number of aliphatic hydroxyl groups is 1. The largest absolute Gasteiger partial charge is 0.493 e. The van der Waals surface area contributed by atoms with E-state index in [1.165, 1.54) is 25.3 Å². The van der Waals surface area contributed by atoms with Crippen LogP contribution < -0.4 is 9.47 Å². The average molecular weight is 579 g/mol. The molecule has 216 valence electrons. The van der Waals surface area contributed by atoms with Crippen LogP contribution in [-0.4, -0.2) is 50.5 Å². The normalized spacial score (nSPS) is 17.0. The predicted octanol–water partition coefficient (Wildman–Crippen LogP) is 4.87. The third-order valence-electron chi connectivity index (χ3n) is 6.93. The first-order valence-corrected chi connectivity index (χ1v) is 15.0. The summed E-state index contributed by atoms with van der Waals surface area (Å²) in [6.07, 6.45) is 1.11. The van der Waals surface area contributed by atoms with Crippen LogP contribution in [0, 0.1) is 12.8 Å². The Labute approximate surface area is 240 Å². The van der Waals surface area contributed by atoms with E-state index in [4.69, 9.17) is 14.2 Å². The zero-order valence-electron chi connectivity index (χ0n) is 23.3. The summed E-state index contributed by atoms with van der Waals surface area (Å²) in [6, 6.07) is 20.1. The Morgan fingerprint density at radius 3 is 2.39 bits per heavy atom. The lowest BCUT2D eigenvalue weighted by atomic mass is 10.0. The minimum Gasteiger partial charge on any atom is -0.493 e. The van der Waals surface area contributed by atoms with Gasteiger partial charge in [-0.15, -0.1) is 0 Å². The summed E-state index contributed by atoms with van der Waals surface area (Å²) in [5, 5.41) is 9.97. The molecule has 3 aromatic rings. The molecule has 0 saturated heterocycles. The second-order valence-corrected chi connectivity index (χ2v) is 12.0. The fourth-order valence-electron chi connectivity index (χ4n) is 4.51. The van der Waals surface area contributed by atoms with Crippen LogP contribution in [0.5, 0.6) is 11.5 Å². The number of aliphatic hydroxyl groups excluding tert-OH is 1. The first-order chi connectivity index (χ1) is 19.6. The Morgan fingerprint density at radius 1 is 1.02 bits per heavy atom. The number of carbonyl (C=O) groups excluding carboxylic acids is 2. The van der Waals surface area contributed by atoms with E-state index >= 15 is 0 Å². The van der Waals surface area contributed by atoms with Crippen molar-refractivity contribution in [1.29, 1.82) is 0 Å². The molecular weight excluding hydrogens is 544 g/mol. The predicted molar refractivity (Wildman–Crippen MR) is 154 cm³/mol. The third kappa shape index (κ3) is 7.42. The van der Waals surface area contributed by atoms with Crippen molar-refractivity contribution in [2.24, 2.45) is 5.92 Å². The molecule has 3 atom stereocenters. The Kier molecular flexibility index (Phi) is 9.62.